The minimum atomic E-state index is -0.253. The molecule has 2 aromatic heterocycles. The van der Waals surface area contributed by atoms with Crippen molar-refractivity contribution in [2.75, 3.05) is 11.1 Å². The molecule has 8 nitrogen and oxygen atoms in total. The Balaban J connectivity index is 1.62. The average molecular weight is 293 g/mol. The van der Waals surface area contributed by atoms with Crippen molar-refractivity contribution >= 4 is 28.2 Å². The van der Waals surface area contributed by atoms with Gasteiger partial charge in [-0.3, -0.25) is 9.48 Å². The summed E-state index contributed by atoms with van der Waals surface area (Å²) in [6.45, 7) is 0.266. The number of rotatable bonds is 5. The minimum absolute atomic E-state index is 0.253. The van der Waals surface area contributed by atoms with E-state index in [2.05, 4.69) is 25.7 Å². The third kappa shape index (κ3) is 2.87. The molecule has 0 aromatic carbocycles. The molecule has 1 fully saturated rings. The van der Waals surface area contributed by atoms with E-state index in [1.807, 2.05) is 0 Å². The zero-order valence-corrected chi connectivity index (χ0v) is 11.8. The molecule has 9 heteroatoms. The third-order valence-corrected chi connectivity index (χ3v) is 3.82. The van der Waals surface area contributed by atoms with E-state index in [-0.39, 0.29) is 18.3 Å². The number of anilines is 2. The van der Waals surface area contributed by atoms with Gasteiger partial charge >= 0.3 is 0 Å². The van der Waals surface area contributed by atoms with Gasteiger partial charge in [0.2, 0.25) is 0 Å². The lowest BCUT2D eigenvalue weighted by atomic mass is 10.4. The molecular formula is C11H15N7OS. The fourth-order valence-electron chi connectivity index (χ4n) is 1.66. The topological polar surface area (TPSA) is 111 Å². The van der Waals surface area contributed by atoms with Crippen molar-refractivity contribution in [2.24, 2.45) is 7.05 Å². The lowest BCUT2D eigenvalue weighted by Crippen LogP contribution is -2.23. The van der Waals surface area contributed by atoms with Crippen molar-refractivity contribution in [3.63, 3.8) is 0 Å². The quantitative estimate of drug-likeness (QED) is 0.734. The molecule has 0 atom stereocenters. The molecular weight excluding hydrogens is 278 g/mol. The number of hydrogen-bond acceptors (Lipinski definition) is 7. The second kappa shape index (κ2) is 5.08. The van der Waals surface area contributed by atoms with Gasteiger partial charge in [0.05, 0.1) is 6.54 Å². The third-order valence-electron chi connectivity index (χ3n) is 2.82. The molecule has 106 valence electrons. The Morgan fingerprint density at radius 2 is 2.40 bits per heavy atom. The number of nitrogen functional groups attached to an aromatic ring is 1. The van der Waals surface area contributed by atoms with Crippen molar-refractivity contribution in [3.05, 3.63) is 17.0 Å². The molecule has 0 saturated heterocycles. The molecule has 20 heavy (non-hydrogen) atoms. The molecule has 0 spiro atoms. The van der Waals surface area contributed by atoms with E-state index in [4.69, 9.17) is 5.73 Å². The van der Waals surface area contributed by atoms with Crippen molar-refractivity contribution in [3.8, 4) is 0 Å². The van der Waals surface area contributed by atoms with Crippen molar-refractivity contribution in [1.82, 2.24) is 25.1 Å². The number of amides is 1. The van der Waals surface area contributed by atoms with Gasteiger partial charge in [-0.1, -0.05) is 11.3 Å². The first-order valence-corrected chi connectivity index (χ1v) is 7.09. The number of carbonyl (C=O) groups excluding carboxylic acids is 1. The normalized spacial score (nSPS) is 14.2. The Morgan fingerprint density at radius 3 is 3.05 bits per heavy atom. The Kier molecular flexibility index (Phi) is 3.26. The summed E-state index contributed by atoms with van der Waals surface area (Å²) in [6, 6.07) is 0.481. The second-order valence-corrected chi connectivity index (χ2v) is 5.67. The summed E-state index contributed by atoms with van der Waals surface area (Å²) in [5.41, 5.74) is 5.77. The van der Waals surface area contributed by atoms with Crippen LogP contribution in [0.2, 0.25) is 0 Å². The van der Waals surface area contributed by atoms with Gasteiger partial charge in [0.25, 0.3) is 5.91 Å². The summed E-state index contributed by atoms with van der Waals surface area (Å²) in [5, 5.41) is 10.8. The fourth-order valence-corrected chi connectivity index (χ4v) is 2.54. The molecule has 3 rings (SSSR count). The van der Waals surface area contributed by atoms with Crippen LogP contribution in [0.5, 0.6) is 0 Å². The van der Waals surface area contributed by atoms with E-state index in [1.165, 1.54) is 11.3 Å². The average Bonchev–Trinajstić information content (AvgIpc) is 3.00. The predicted molar refractivity (Wildman–Crippen MR) is 75.3 cm³/mol. The van der Waals surface area contributed by atoms with Gasteiger partial charge in [0.1, 0.15) is 17.0 Å². The van der Waals surface area contributed by atoms with E-state index in [0.717, 1.165) is 12.8 Å². The molecule has 0 unspecified atom stereocenters. The number of hydrogen-bond donors (Lipinski definition) is 3. The molecule has 1 amide bonds. The maximum absolute atomic E-state index is 12.0. The van der Waals surface area contributed by atoms with Crippen LogP contribution in [-0.4, -0.2) is 31.7 Å². The van der Waals surface area contributed by atoms with Crippen molar-refractivity contribution in [1.29, 1.82) is 0 Å². The van der Waals surface area contributed by atoms with Crippen LogP contribution < -0.4 is 16.4 Å². The number of thiazole rings is 1. The van der Waals surface area contributed by atoms with Gasteiger partial charge in [0, 0.05) is 13.1 Å². The number of nitrogens with zero attached hydrogens (tertiary/aromatic N) is 4. The zero-order valence-electron chi connectivity index (χ0n) is 11.0. The highest BCUT2D eigenvalue weighted by Crippen LogP contribution is 2.30. The maximum Gasteiger partial charge on any atom is 0.265 e. The highest BCUT2D eigenvalue weighted by atomic mass is 32.1. The van der Waals surface area contributed by atoms with Gasteiger partial charge in [-0.25, -0.2) is 9.97 Å². The Morgan fingerprint density at radius 1 is 1.60 bits per heavy atom. The number of carbonyl (C=O) groups is 1. The summed E-state index contributed by atoms with van der Waals surface area (Å²) < 4.78 is 1.58. The van der Waals surface area contributed by atoms with Crippen LogP contribution >= 0.6 is 11.3 Å². The molecule has 1 aliphatic carbocycles. The van der Waals surface area contributed by atoms with Crippen LogP contribution in [0.1, 0.15) is 28.3 Å². The predicted octanol–water partition coefficient (Wildman–Crippen LogP) is 0.358. The monoisotopic (exact) mass is 293 g/mol. The summed E-state index contributed by atoms with van der Waals surface area (Å²) in [6.07, 6.45) is 3.87. The highest BCUT2D eigenvalue weighted by molar-refractivity contribution is 7.18. The minimum Gasteiger partial charge on any atom is -0.382 e. The largest absolute Gasteiger partial charge is 0.382 e. The molecule has 0 radical (unpaired) electrons. The highest BCUT2D eigenvalue weighted by Gasteiger charge is 2.24. The molecule has 2 aromatic rings. The van der Waals surface area contributed by atoms with E-state index in [9.17, 15) is 4.79 Å². The molecule has 2 heterocycles. The Hall–Kier alpha value is -2.16. The van der Waals surface area contributed by atoms with Crippen LogP contribution in [0.3, 0.4) is 0 Å². The summed E-state index contributed by atoms with van der Waals surface area (Å²) in [5.74, 6) is 0.557. The summed E-state index contributed by atoms with van der Waals surface area (Å²) >= 11 is 1.27. The zero-order chi connectivity index (χ0) is 14.1. The lowest BCUT2D eigenvalue weighted by Gasteiger charge is -2.00. The first-order chi connectivity index (χ1) is 9.61. The second-order valence-electron chi connectivity index (χ2n) is 4.67. The van der Waals surface area contributed by atoms with Gasteiger partial charge in [-0.2, -0.15) is 5.10 Å². The van der Waals surface area contributed by atoms with E-state index >= 15 is 0 Å². The SMILES string of the molecule is Cn1cnc(CNC(=O)c2sc(NC3CC3)nc2N)n1. The molecule has 0 aliphatic heterocycles. The van der Waals surface area contributed by atoms with Gasteiger partial charge < -0.3 is 16.4 Å². The van der Waals surface area contributed by atoms with Crippen molar-refractivity contribution < 1.29 is 4.79 Å². The number of aryl methyl sites for hydroxylation is 1. The van der Waals surface area contributed by atoms with Crippen LogP contribution in [0.15, 0.2) is 6.33 Å². The molecule has 0 bridgehead atoms. The molecule has 1 saturated carbocycles. The Labute approximate surface area is 119 Å². The van der Waals surface area contributed by atoms with E-state index in [0.29, 0.717) is 21.9 Å². The number of nitrogens with two attached hydrogens (primary N) is 1. The summed E-state index contributed by atoms with van der Waals surface area (Å²) in [4.78, 5) is 20.7. The van der Waals surface area contributed by atoms with E-state index < -0.39 is 0 Å². The fraction of sp³-hybridized carbons (Fsp3) is 0.455. The lowest BCUT2D eigenvalue weighted by molar-refractivity contribution is 0.0954. The number of nitrogens with one attached hydrogen (secondary N) is 2. The Bertz CT molecular complexity index is 631. The molecule has 4 N–H and O–H groups in total. The van der Waals surface area contributed by atoms with E-state index in [1.54, 1.807) is 18.1 Å². The van der Waals surface area contributed by atoms with Gasteiger partial charge in [0.15, 0.2) is 11.0 Å². The van der Waals surface area contributed by atoms with Crippen LogP contribution in [0.4, 0.5) is 10.9 Å². The van der Waals surface area contributed by atoms with Crippen molar-refractivity contribution in [2.45, 2.75) is 25.4 Å². The van der Waals surface area contributed by atoms with Gasteiger partial charge in [-0.15, -0.1) is 0 Å². The van der Waals surface area contributed by atoms with Gasteiger partial charge in [-0.05, 0) is 12.8 Å². The smallest absolute Gasteiger partial charge is 0.265 e. The first kappa shape index (κ1) is 12.9. The molecule has 1 aliphatic rings. The van der Waals surface area contributed by atoms with Crippen LogP contribution in [0.25, 0.3) is 0 Å². The standard InChI is InChI=1S/C11H15N7OS/c1-18-5-14-7(17-18)4-13-10(19)8-9(12)16-11(20-8)15-6-2-3-6/h5-6H,2-4,12H2,1H3,(H,13,19)(H,15,16). The number of aromatic nitrogens is 4. The van der Waals surface area contributed by atoms with Crippen LogP contribution in [-0.2, 0) is 13.6 Å². The summed E-state index contributed by atoms with van der Waals surface area (Å²) in [7, 11) is 1.77. The van der Waals surface area contributed by atoms with Crippen LogP contribution in [0, 0.1) is 0 Å². The maximum atomic E-state index is 12.0. The first-order valence-electron chi connectivity index (χ1n) is 6.27.